The molecule has 0 spiro atoms. The lowest BCUT2D eigenvalue weighted by atomic mass is 10.1. The Morgan fingerprint density at radius 2 is 1.72 bits per heavy atom. The van der Waals surface area contributed by atoms with Gasteiger partial charge in [-0.1, -0.05) is 18.2 Å². The second-order valence-corrected chi connectivity index (χ2v) is 7.04. The van der Waals surface area contributed by atoms with Gasteiger partial charge >= 0.3 is 0 Å². The van der Waals surface area contributed by atoms with Crippen molar-refractivity contribution < 1.29 is 19.1 Å². The van der Waals surface area contributed by atoms with Crippen LogP contribution in [0.1, 0.15) is 26.7 Å². The van der Waals surface area contributed by atoms with Crippen molar-refractivity contribution in [1.82, 2.24) is 9.80 Å². The van der Waals surface area contributed by atoms with E-state index in [4.69, 9.17) is 9.47 Å². The lowest BCUT2D eigenvalue weighted by Crippen LogP contribution is -2.57. The molecule has 6 heteroatoms. The molecule has 2 heterocycles. The van der Waals surface area contributed by atoms with Gasteiger partial charge in [0, 0.05) is 32.8 Å². The van der Waals surface area contributed by atoms with Crippen LogP contribution in [-0.2, 0) is 14.3 Å². The highest BCUT2D eigenvalue weighted by Crippen LogP contribution is 2.21. The number of rotatable bonds is 4. The van der Waals surface area contributed by atoms with Crippen molar-refractivity contribution in [2.75, 3.05) is 32.8 Å². The van der Waals surface area contributed by atoms with Crippen molar-refractivity contribution in [3.05, 3.63) is 30.3 Å². The molecule has 0 aliphatic carbocycles. The zero-order chi connectivity index (χ0) is 17.9. The number of amides is 2. The van der Waals surface area contributed by atoms with Gasteiger partial charge in [-0.3, -0.25) is 9.59 Å². The molecule has 1 aromatic rings. The third-order valence-electron chi connectivity index (χ3n) is 4.71. The average molecular weight is 346 g/mol. The molecule has 6 nitrogen and oxygen atoms in total. The Morgan fingerprint density at radius 1 is 1.08 bits per heavy atom. The van der Waals surface area contributed by atoms with Crippen molar-refractivity contribution in [3.8, 4) is 5.75 Å². The zero-order valence-electron chi connectivity index (χ0n) is 14.9. The summed E-state index contributed by atoms with van der Waals surface area (Å²) in [5, 5.41) is 0. The van der Waals surface area contributed by atoms with Crippen molar-refractivity contribution in [3.63, 3.8) is 0 Å². The van der Waals surface area contributed by atoms with Gasteiger partial charge < -0.3 is 19.3 Å². The summed E-state index contributed by atoms with van der Waals surface area (Å²) in [5.41, 5.74) is -0.942. The Bertz CT molecular complexity index is 603. The van der Waals surface area contributed by atoms with E-state index in [0.717, 1.165) is 12.8 Å². The highest BCUT2D eigenvalue weighted by Gasteiger charge is 2.37. The third kappa shape index (κ3) is 4.12. The normalized spacial score (nSPS) is 21.3. The average Bonchev–Trinajstić information content (AvgIpc) is 3.16. The minimum atomic E-state index is -0.942. The van der Waals surface area contributed by atoms with Crippen molar-refractivity contribution >= 4 is 11.8 Å². The summed E-state index contributed by atoms with van der Waals surface area (Å²) >= 11 is 0. The van der Waals surface area contributed by atoms with Gasteiger partial charge in [0.25, 0.3) is 11.8 Å². The smallest absolute Gasteiger partial charge is 0.266 e. The van der Waals surface area contributed by atoms with E-state index < -0.39 is 5.60 Å². The number of hydrogen-bond acceptors (Lipinski definition) is 4. The fourth-order valence-corrected chi connectivity index (χ4v) is 3.31. The number of hydrogen-bond donors (Lipinski definition) is 0. The summed E-state index contributed by atoms with van der Waals surface area (Å²) < 4.78 is 11.4. The standard InChI is InChI=1S/C19H26N2O4/c1-19(2,25-15-7-4-3-5-8-15)18(23)21-12-10-20(11-13-21)17(22)16-9-6-14-24-16/h3-5,7-8,16H,6,9-14H2,1-2H3. The first-order chi connectivity index (χ1) is 12.0. The molecule has 2 saturated heterocycles. The van der Waals surface area contributed by atoms with Gasteiger partial charge in [0.1, 0.15) is 11.9 Å². The highest BCUT2D eigenvalue weighted by atomic mass is 16.5. The Hall–Kier alpha value is -2.08. The first-order valence-corrected chi connectivity index (χ1v) is 8.91. The molecule has 136 valence electrons. The summed E-state index contributed by atoms with van der Waals surface area (Å²) in [4.78, 5) is 28.8. The van der Waals surface area contributed by atoms with E-state index in [2.05, 4.69) is 0 Å². The van der Waals surface area contributed by atoms with Crippen LogP contribution >= 0.6 is 0 Å². The van der Waals surface area contributed by atoms with Gasteiger partial charge in [-0.05, 0) is 38.8 Å². The Kier molecular flexibility index (Phi) is 5.27. The van der Waals surface area contributed by atoms with Crippen LogP contribution in [0.3, 0.4) is 0 Å². The van der Waals surface area contributed by atoms with Crippen LogP contribution in [-0.4, -0.2) is 66.1 Å². The Labute approximate surface area is 148 Å². The van der Waals surface area contributed by atoms with E-state index in [9.17, 15) is 9.59 Å². The van der Waals surface area contributed by atoms with E-state index in [1.807, 2.05) is 35.2 Å². The van der Waals surface area contributed by atoms with E-state index in [0.29, 0.717) is 38.5 Å². The van der Waals surface area contributed by atoms with Crippen LogP contribution in [0, 0.1) is 0 Å². The molecule has 0 radical (unpaired) electrons. The van der Waals surface area contributed by atoms with E-state index in [1.165, 1.54) is 0 Å². The number of ether oxygens (including phenoxy) is 2. The Balaban J connectivity index is 1.54. The highest BCUT2D eigenvalue weighted by molar-refractivity contribution is 5.85. The van der Waals surface area contributed by atoms with Gasteiger partial charge in [0.05, 0.1) is 0 Å². The lowest BCUT2D eigenvalue weighted by molar-refractivity contribution is -0.152. The molecule has 1 atom stereocenters. The topological polar surface area (TPSA) is 59.1 Å². The fraction of sp³-hybridized carbons (Fsp3) is 0.579. The molecule has 0 bridgehead atoms. The van der Waals surface area contributed by atoms with Gasteiger partial charge in [0.2, 0.25) is 0 Å². The molecule has 0 N–H and O–H groups in total. The minimum Gasteiger partial charge on any atom is -0.478 e. The van der Waals surface area contributed by atoms with Gasteiger partial charge in [-0.25, -0.2) is 0 Å². The van der Waals surface area contributed by atoms with Crippen LogP contribution < -0.4 is 4.74 Å². The third-order valence-corrected chi connectivity index (χ3v) is 4.71. The maximum absolute atomic E-state index is 12.8. The number of benzene rings is 1. The van der Waals surface area contributed by atoms with E-state index in [-0.39, 0.29) is 17.9 Å². The Morgan fingerprint density at radius 3 is 2.32 bits per heavy atom. The summed E-state index contributed by atoms with van der Waals surface area (Å²) in [6.07, 6.45) is 1.45. The molecule has 25 heavy (non-hydrogen) atoms. The van der Waals surface area contributed by atoms with Crippen LogP contribution in [0.25, 0.3) is 0 Å². The summed E-state index contributed by atoms with van der Waals surface area (Å²) in [6, 6.07) is 9.35. The first-order valence-electron chi connectivity index (χ1n) is 8.91. The quantitative estimate of drug-likeness (QED) is 0.832. The molecule has 0 aromatic heterocycles. The van der Waals surface area contributed by atoms with Crippen molar-refractivity contribution in [2.45, 2.75) is 38.4 Å². The molecule has 0 saturated carbocycles. The fourth-order valence-electron chi connectivity index (χ4n) is 3.31. The second kappa shape index (κ2) is 7.44. The van der Waals surface area contributed by atoms with E-state index >= 15 is 0 Å². The molecular weight excluding hydrogens is 320 g/mol. The number of para-hydroxylation sites is 1. The molecule has 2 amide bonds. The number of carbonyl (C=O) groups is 2. The second-order valence-electron chi connectivity index (χ2n) is 7.04. The molecule has 2 fully saturated rings. The van der Waals surface area contributed by atoms with Gasteiger partial charge in [-0.15, -0.1) is 0 Å². The first kappa shape index (κ1) is 17.7. The SMILES string of the molecule is CC(C)(Oc1ccccc1)C(=O)N1CCN(C(=O)C2CCCO2)CC1. The van der Waals surface area contributed by atoms with Crippen LogP contribution in [0.2, 0.25) is 0 Å². The maximum Gasteiger partial charge on any atom is 0.266 e. The maximum atomic E-state index is 12.8. The summed E-state index contributed by atoms with van der Waals surface area (Å²) in [7, 11) is 0. The number of carbonyl (C=O) groups excluding carboxylic acids is 2. The molecule has 1 aromatic carbocycles. The predicted octanol–water partition coefficient (Wildman–Crippen LogP) is 1.69. The molecule has 2 aliphatic rings. The summed E-state index contributed by atoms with van der Waals surface area (Å²) in [6.45, 7) is 6.38. The molecular formula is C19H26N2O4. The molecule has 2 aliphatic heterocycles. The summed E-state index contributed by atoms with van der Waals surface area (Å²) in [5.74, 6) is 0.679. The van der Waals surface area contributed by atoms with Gasteiger partial charge in [-0.2, -0.15) is 0 Å². The monoisotopic (exact) mass is 346 g/mol. The van der Waals surface area contributed by atoms with Crippen LogP contribution in [0.5, 0.6) is 5.75 Å². The molecule has 1 unspecified atom stereocenters. The lowest BCUT2D eigenvalue weighted by Gasteiger charge is -2.39. The predicted molar refractivity (Wildman–Crippen MR) is 93.3 cm³/mol. The van der Waals surface area contributed by atoms with Crippen molar-refractivity contribution in [2.24, 2.45) is 0 Å². The van der Waals surface area contributed by atoms with Crippen molar-refractivity contribution in [1.29, 1.82) is 0 Å². The number of piperazine rings is 1. The zero-order valence-corrected chi connectivity index (χ0v) is 14.9. The molecule has 3 rings (SSSR count). The van der Waals surface area contributed by atoms with Gasteiger partial charge in [0.15, 0.2) is 5.60 Å². The van der Waals surface area contributed by atoms with Crippen LogP contribution in [0.4, 0.5) is 0 Å². The largest absolute Gasteiger partial charge is 0.478 e. The van der Waals surface area contributed by atoms with E-state index in [1.54, 1.807) is 18.7 Å². The minimum absolute atomic E-state index is 0.0550. The van der Waals surface area contributed by atoms with Crippen LogP contribution in [0.15, 0.2) is 30.3 Å². The number of nitrogens with zero attached hydrogens (tertiary/aromatic N) is 2.